The van der Waals surface area contributed by atoms with Gasteiger partial charge >= 0.3 is 6.36 Å². The molecule has 4 aromatic rings. The molecule has 0 fully saturated rings. The summed E-state index contributed by atoms with van der Waals surface area (Å²) in [7, 11) is -3.36. The van der Waals surface area contributed by atoms with Gasteiger partial charge in [0, 0.05) is 22.9 Å². The van der Waals surface area contributed by atoms with Crippen LogP contribution in [0.25, 0.3) is 11.1 Å². The van der Waals surface area contributed by atoms with Crippen molar-refractivity contribution in [2.45, 2.75) is 24.6 Å². The number of carbonyl (C=O) groups is 1. The van der Waals surface area contributed by atoms with Crippen molar-refractivity contribution in [2.24, 2.45) is 0 Å². The van der Waals surface area contributed by atoms with E-state index in [1.54, 1.807) is 25.1 Å². The molecule has 8 nitrogen and oxygen atoms in total. The van der Waals surface area contributed by atoms with Gasteiger partial charge in [0.15, 0.2) is 15.6 Å². The molecule has 0 bridgehead atoms. The van der Waals surface area contributed by atoms with E-state index in [1.807, 2.05) is 0 Å². The number of halogens is 3. The lowest BCUT2D eigenvalue weighted by atomic mass is 10.0. The summed E-state index contributed by atoms with van der Waals surface area (Å²) in [5, 5.41) is 2.72. The number of rotatable bonds is 9. The van der Waals surface area contributed by atoms with Crippen LogP contribution in [0.1, 0.15) is 12.5 Å². The Morgan fingerprint density at radius 2 is 1.59 bits per heavy atom. The third kappa shape index (κ3) is 7.32. The maximum Gasteiger partial charge on any atom is 0.573 e. The van der Waals surface area contributed by atoms with Crippen LogP contribution in [0.15, 0.2) is 90.3 Å². The van der Waals surface area contributed by atoms with E-state index in [0.717, 1.165) is 0 Å². The van der Waals surface area contributed by atoms with E-state index < -0.39 is 27.9 Å². The molecule has 0 aliphatic heterocycles. The number of benzene rings is 3. The zero-order valence-corrected chi connectivity index (χ0v) is 21.3. The second-order valence-corrected chi connectivity index (χ2v) is 10.5. The Balaban J connectivity index is 1.61. The Morgan fingerprint density at radius 3 is 2.26 bits per heavy atom. The van der Waals surface area contributed by atoms with Crippen molar-refractivity contribution < 1.29 is 35.9 Å². The van der Waals surface area contributed by atoms with E-state index in [0.29, 0.717) is 11.3 Å². The fourth-order valence-electron chi connectivity index (χ4n) is 3.65. The van der Waals surface area contributed by atoms with E-state index in [1.165, 1.54) is 67.3 Å². The minimum absolute atomic E-state index is 0.0326. The van der Waals surface area contributed by atoms with E-state index in [2.05, 4.69) is 20.0 Å². The Morgan fingerprint density at radius 1 is 0.923 bits per heavy atom. The molecule has 1 N–H and O–H groups in total. The molecule has 39 heavy (non-hydrogen) atoms. The highest BCUT2D eigenvalue weighted by Crippen LogP contribution is 2.41. The number of alkyl halides is 3. The van der Waals surface area contributed by atoms with Gasteiger partial charge in [0.05, 0.1) is 29.5 Å². The van der Waals surface area contributed by atoms with Crippen LogP contribution in [0.5, 0.6) is 17.2 Å². The number of carbonyl (C=O) groups excluding carboxylic acids is 1. The fraction of sp³-hybridized carbons (Fsp3) is 0.148. The number of sulfone groups is 1. The molecule has 202 valence electrons. The molecule has 4 rings (SSSR count). The lowest BCUT2D eigenvalue weighted by Gasteiger charge is -2.17. The Bertz CT molecular complexity index is 1560. The first-order valence-corrected chi connectivity index (χ1v) is 13.2. The molecule has 0 aliphatic rings. The molecule has 0 spiro atoms. The van der Waals surface area contributed by atoms with Gasteiger partial charge in [-0.25, -0.2) is 18.4 Å². The lowest BCUT2D eigenvalue weighted by Crippen LogP contribution is -2.17. The second kappa shape index (κ2) is 11.5. The fourth-order valence-corrected chi connectivity index (χ4v) is 4.53. The predicted molar refractivity (Wildman–Crippen MR) is 137 cm³/mol. The quantitative estimate of drug-likeness (QED) is 0.277. The number of anilines is 1. The summed E-state index contributed by atoms with van der Waals surface area (Å²) in [4.78, 5) is 20.6. The van der Waals surface area contributed by atoms with Crippen molar-refractivity contribution in [3.05, 3.63) is 91.0 Å². The van der Waals surface area contributed by atoms with Crippen LogP contribution >= 0.6 is 0 Å². The zero-order valence-electron chi connectivity index (χ0n) is 20.5. The van der Waals surface area contributed by atoms with Gasteiger partial charge in [-0.2, -0.15) is 0 Å². The van der Waals surface area contributed by atoms with Crippen LogP contribution in [-0.4, -0.2) is 36.4 Å². The Labute approximate surface area is 222 Å². The van der Waals surface area contributed by atoms with Crippen LogP contribution < -0.4 is 14.8 Å². The summed E-state index contributed by atoms with van der Waals surface area (Å²) in [6, 6.07) is 16.1. The third-order valence-corrected chi connectivity index (χ3v) is 7.21. The molecule has 1 aromatic heterocycles. The van der Waals surface area contributed by atoms with E-state index in [9.17, 15) is 26.4 Å². The maximum absolute atomic E-state index is 13.0. The lowest BCUT2D eigenvalue weighted by molar-refractivity contribution is -0.274. The molecular weight excluding hydrogens is 535 g/mol. The largest absolute Gasteiger partial charge is 0.573 e. The summed E-state index contributed by atoms with van der Waals surface area (Å²) in [6.07, 6.45) is -0.900. The number of hydrogen-bond donors (Lipinski definition) is 1. The van der Waals surface area contributed by atoms with Crippen molar-refractivity contribution in [2.75, 3.05) is 11.1 Å². The number of hydrogen-bond acceptors (Lipinski definition) is 7. The van der Waals surface area contributed by atoms with Gasteiger partial charge in [0.1, 0.15) is 17.8 Å². The summed E-state index contributed by atoms with van der Waals surface area (Å²) >= 11 is 0. The van der Waals surface area contributed by atoms with Gasteiger partial charge in [-0.3, -0.25) is 4.79 Å². The zero-order chi connectivity index (χ0) is 28.0. The molecule has 1 heterocycles. The van der Waals surface area contributed by atoms with Gasteiger partial charge in [0.25, 0.3) is 0 Å². The highest BCUT2D eigenvalue weighted by Gasteiger charge is 2.32. The van der Waals surface area contributed by atoms with Crippen LogP contribution in [0.4, 0.5) is 18.9 Å². The minimum Gasteiger partial charge on any atom is -0.453 e. The van der Waals surface area contributed by atoms with Crippen LogP contribution in [0, 0.1) is 0 Å². The standard InChI is InChI=1S/C27H22F3N3O5S/c1-2-39(35,36)21-10-7-18(8-11-21)13-26(34)33-19-9-12-23(25(14-19)37-20-15-31-17-32-16-20)22-5-3-4-6-24(22)38-27(28,29)30/h3-12,14-17H,2,13H2,1H3,(H,33,34). The van der Waals surface area contributed by atoms with Crippen molar-refractivity contribution in [3.63, 3.8) is 0 Å². The number of para-hydroxylation sites is 1. The van der Waals surface area contributed by atoms with Crippen molar-refractivity contribution in [3.8, 4) is 28.4 Å². The van der Waals surface area contributed by atoms with Gasteiger partial charge < -0.3 is 14.8 Å². The SMILES string of the molecule is CCS(=O)(=O)c1ccc(CC(=O)Nc2ccc(-c3ccccc3OC(F)(F)F)c(Oc3cncnc3)c2)cc1. The first-order chi connectivity index (χ1) is 18.5. The van der Waals surface area contributed by atoms with Crippen LogP contribution in [0.2, 0.25) is 0 Å². The van der Waals surface area contributed by atoms with Gasteiger partial charge in [0.2, 0.25) is 5.91 Å². The molecular formula is C27H22F3N3O5S. The summed E-state index contributed by atoms with van der Waals surface area (Å²) in [5.74, 6) is -0.517. The number of aromatic nitrogens is 2. The van der Waals surface area contributed by atoms with Crippen molar-refractivity contribution in [1.82, 2.24) is 9.97 Å². The van der Waals surface area contributed by atoms with Gasteiger partial charge in [-0.1, -0.05) is 37.3 Å². The average Bonchev–Trinajstić information content (AvgIpc) is 2.89. The van der Waals surface area contributed by atoms with Gasteiger partial charge in [-0.05, 0) is 35.9 Å². The summed E-state index contributed by atoms with van der Waals surface area (Å²) in [6.45, 7) is 1.55. The molecule has 3 aromatic carbocycles. The van der Waals surface area contributed by atoms with Crippen molar-refractivity contribution in [1.29, 1.82) is 0 Å². The highest BCUT2D eigenvalue weighted by atomic mass is 32.2. The van der Waals surface area contributed by atoms with E-state index in [4.69, 9.17) is 4.74 Å². The molecule has 0 saturated heterocycles. The normalized spacial score (nSPS) is 11.6. The monoisotopic (exact) mass is 557 g/mol. The number of nitrogens with one attached hydrogen (secondary N) is 1. The molecule has 0 saturated carbocycles. The second-order valence-electron chi connectivity index (χ2n) is 8.20. The number of amides is 1. The molecule has 12 heteroatoms. The minimum atomic E-state index is -4.91. The highest BCUT2D eigenvalue weighted by molar-refractivity contribution is 7.91. The summed E-state index contributed by atoms with van der Waals surface area (Å²) in [5.41, 5.74) is 1.29. The Hall–Kier alpha value is -4.45. The molecule has 1 amide bonds. The van der Waals surface area contributed by atoms with Crippen molar-refractivity contribution >= 4 is 21.4 Å². The molecule has 0 radical (unpaired) electrons. The predicted octanol–water partition coefficient (Wildman–Crippen LogP) is 5.81. The van der Waals surface area contributed by atoms with Gasteiger partial charge in [-0.15, -0.1) is 13.2 Å². The topological polar surface area (TPSA) is 107 Å². The average molecular weight is 558 g/mol. The molecule has 0 atom stereocenters. The first-order valence-electron chi connectivity index (χ1n) is 11.6. The van der Waals surface area contributed by atoms with E-state index in [-0.39, 0.29) is 39.7 Å². The first kappa shape index (κ1) is 27.6. The third-order valence-electron chi connectivity index (χ3n) is 5.46. The van der Waals surface area contributed by atoms with E-state index >= 15 is 0 Å². The van der Waals surface area contributed by atoms with Crippen LogP contribution in [0.3, 0.4) is 0 Å². The summed E-state index contributed by atoms with van der Waals surface area (Å²) < 4.78 is 73.1. The molecule has 0 unspecified atom stereocenters. The number of ether oxygens (including phenoxy) is 2. The smallest absolute Gasteiger partial charge is 0.453 e. The Kier molecular flexibility index (Phi) is 8.15. The van der Waals surface area contributed by atoms with Crippen LogP contribution in [-0.2, 0) is 21.1 Å². The molecule has 0 aliphatic carbocycles. The maximum atomic E-state index is 13.0. The number of nitrogens with zero attached hydrogens (tertiary/aromatic N) is 2.